The maximum atomic E-state index is 12.3. The molecule has 0 fully saturated rings. The Labute approximate surface area is 151 Å². The van der Waals surface area contributed by atoms with E-state index in [1.54, 1.807) is 19.9 Å². The van der Waals surface area contributed by atoms with Crippen LogP contribution in [0.15, 0.2) is 23.8 Å². The number of hydrogen-bond acceptors (Lipinski definition) is 6. The second-order valence-electron chi connectivity index (χ2n) is 4.75. The first kappa shape index (κ1) is 20.2. The second-order valence-corrected chi connectivity index (χ2v) is 5.16. The number of methoxy groups -OCH3 is 3. The lowest BCUT2D eigenvalue weighted by Gasteiger charge is -2.15. The highest BCUT2D eigenvalue weighted by Crippen LogP contribution is 2.38. The van der Waals surface area contributed by atoms with Gasteiger partial charge in [0.2, 0.25) is 5.75 Å². The van der Waals surface area contributed by atoms with Gasteiger partial charge >= 0.3 is 0 Å². The Kier molecular flexibility index (Phi) is 7.67. The number of thiocarbonyl (C=S) groups is 1. The van der Waals surface area contributed by atoms with E-state index < -0.39 is 5.91 Å². The fourth-order valence-electron chi connectivity index (χ4n) is 1.76. The van der Waals surface area contributed by atoms with Gasteiger partial charge in [-0.3, -0.25) is 25.8 Å². The molecule has 1 rings (SSSR count). The predicted octanol–water partition coefficient (Wildman–Crippen LogP) is 1.31. The zero-order valence-electron chi connectivity index (χ0n) is 14.7. The van der Waals surface area contributed by atoms with Gasteiger partial charge in [0.1, 0.15) is 0 Å². The number of hydrazine groups is 1. The smallest absolute Gasteiger partial charge is 0.269 e. The fraction of sp³-hybridized carbons (Fsp3) is 0.312. The molecular formula is C16H21N3O5S. The topological polar surface area (TPSA) is 97.9 Å². The molecule has 0 aliphatic carbocycles. The van der Waals surface area contributed by atoms with Crippen LogP contribution in [0.4, 0.5) is 0 Å². The van der Waals surface area contributed by atoms with Crippen molar-refractivity contribution in [3.05, 3.63) is 29.3 Å². The number of rotatable bonds is 5. The number of nitrogens with one attached hydrogen (secondary N) is 3. The third kappa shape index (κ3) is 5.35. The second kappa shape index (κ2) is 9.48. The summed E-state index contributed by atoms with van der Waals surface area (Å²) in [6, 6.07) is 2.98. The van der Waals surface area contributed by atoms with Gasteiger partial charge in [0, 0.05) is 11.1 Å². The van der Waals surface area contributed by atoms with Crippen LogP contribution in [-0.4, -0.2) is 38.3 Å². The third-order valence-electron chi connectivity index (χ3n) is 3.23. The van der Waals surface area contributed by atoms with Gasteiger partial charge in [-0.1, -0.05) is 6.08 Å². The zero-order chi connectivity index (χ0) is 19.0. The van der Waals surface area contributed by atoms with Crippen molar-refractivity contribution in [1.29, 1.82) is 0 Å². The number of carbonyl (C=O) groups is 2. The van der Waals surface area contributed by atoms with Crippen LogP contribution in [0.3, 0.4) is 0 Å². The number of amides is 2. The molecule has 0 saturated heterocycles. The Bertz CT molecular complexity index is 678. The average Bonchev–Trinajstić information content (AvgIpc) is 2.63. The van der Waals surface area contributed by atoms with Gasteiger partial charge in [-0.25, -0.2) is 0 Å². The highest BCUT2D eigenvalue weighted by Gasteiger charge is 2.17. The van der Waals surface area contributed by atoms with Gasteiger partial charge in [0.05, 0.1) is 21.3 Å². The lowest BCUT2D eigenvalue weighted by atomic mass is 10.1. The number of ether oxygens (including phenoxy) is 3. The Hall–Kier alpha value is -2.81. The average molecular weight is 367 g/mol. The molecule has 0 heterocycles. The standard InChI is InChI=1S/C16H21N3O5S/c1-6-9(2)14(20)17-16(25)19-18-15(21)10-7-11(22-3)13(24-5)12(8-10)23-4/h6-8H,1-5H3,(H,18,21)(H2,17,19,20,25). The van der Waals surface area contributed by atoms with Crippen LogP contribution in [0.1, 0.15) is 24.2 Å². The number of hydrogen-bond donors (Lipinski definition) is 3. The molecule has 2 amide bonds. The minimum atomic E-state index is -0.501. The molecule has 0 atom stereocenters. The van der Waals surface area contributed by atoms with Crippen molar-refractivity contribution in [3.8, 4) is 17.2 Å². The Morgan fingerprint density at radius 2 is 1.60 bits per heavy atom. The van der Waals surface area contributed by atoms with E-state index in [0.29, 0.717) is 22.8 Å². The van der Waals surface area contributed by atoms with E-state index in [9.17, 15) is 9.59 Å². The first-order valence-electron chi connectivity index (χ1n) is 7.22. The molecule has 0 aromatic heterocycles. The van der Waals surface area contributed by atoms with Crippen molar-refractivity contribution in [2.24, 2.45) is 0 Å². The summed E-state index contributed by atoms with van der Waals surface area (Å²) in [6.07, 6.45) is 1.65. The van der Waals surface area contributed by atoms with Crippen LogP contribution in [-0.2, 0) is 4.79 Å². The quantitative estimate of drug-likeness (QED) is 0.410. The first-order chi connectivity index (χ1) is 11.9. The van der Waals surface area contributed by atoms with Gasteiger partial charge in [-0.05, 0) is 38.2 Å². The molecule has 0 aliphatic heterocycles. The molecule has 8 nitrogen and oxygen atoms in total. The van der Waals surface area contributed by atoms with Crippen LogP contribution >= 0.6 is 12.2 Å². The lowest BCUT2D eigenvalue weighted by Crippen LogP contribution is -2.48. The summed E-state index contributed by atoms with van der Waals surface area (Å²) in [6.45, 7) is 3.38. The SMILES string of the molecule is CC=C(C)C(=O)NC(=S)NNC(=O)c1cc(OC)c(OC)c(OC)c1. The maximum absolute atomic E-state index is 12.3. The Balaban J connectivity index is 2.81. The summed E-state index contributed by atoms with van der Waals surface area (Å²) in [7, 11) is 4.37. The van der Waals surface area contributed by atoms with E-state index in [4.69, 9.17) is 26.4 Å². The van der Waals surface area contributed by atoms with Gasteiger partial charge in [-0.2, -0.15) is 0 Å². The van der Waals surface area contributed by atoms with E-state index in [1.807, 2.05) is 0 Å². The molecule has 0 radical (unpaired) electrons. The summed E-state index contributed by atoms with van der Waals surface area (Å²) in [5.41, 5.74) is 5.59. The minimum Gasteiger partial charge on any atom is -0.493 e. The Morgan fingerprint density at radius 1 is 1.04 bits per heavy atom. The van der Waals surface area contributed by atoms with Crippen LogP contribution in [0, 0.1) is 0 Å². The van der Waals surface area contributed by atoms with E-state index >= 15 is 0 Å². The van der Waals surface area contributed by atoms with Crippen LogP contribution < -0.4 is 30.4 Å². The predicted molar refractivity (Wildman–Crippen MR) is 96.9 cm³/mol. The molecule has 136 valence electrons. The van der Waals surface area contributed by atoms with E-state index in [1.165, 1.54) is 33.5 Å². The normalized spacial score (nSPS) is 10.5. The van der Waals surface area contributed by atoms with Crippen LogP contribution in [0.25, 0.3) is 0 Å². The molecule has 1 aromatic rings. The summed E-state index contributed by atoms with van der Waals surface area (Å²) < 4.78 is 15.6. The molecule has 0 saturated carbocycles. The summed E-state index contributed by atoms with van der Waals surface area (Å²) in [5.74, 6) is 0.193. The maximum Gasteiger partial charge on any atom is 0.269 e. The first-order valence-corrected chi connectivity index (χ1v) is 7.63. The summed E-state index contributed by atoms with van der Waals surface area (Å²) >= 11 is 4.95. The third-order valence-corrected chi connectivity index (χ3v) is 3.44. The van der Waals surface area contributed by atoms with Crippen molar-refractivity contribution in [3.63, 3.8) is 0 Å². The zero-order valence-corrected chi connectivity index (χ0v) is 15.5. The van der Waals surface area contributed by atoms with E-state index in [2.05, 4.69) is 16.2 Å². The van der Waals surface area contributed by atoms with Crippen molar-refractivity contribution >= 4 is 29.1 Å². The molecule has 0 unspecified atom stereocenters. The monoisotopic (exact) mass is 367 g/mol. The Morgan fingerprint density at radius 3 is 2.04 bits per heavy atom. The summed E-state index contributed by atoms with van der Waals surface area (Å²) in [4.78, 5) is 23.9. The van der Waals surface area contributed by atoms with Gasteiger partial charge in [0.15, 0.2) is 16.6 Å². The van der Waals surface area contributed by atoms with Crippen LogP contribution in [0.5, 0.6) is 17.2 Å². The number of benzene rings is 1. The molecule has 0 aliphatic rings. The van der Waals surface area contributed by atoms with Crippen LogP contribution in [0.2, 0.25) is 0 Å². The molecule has 0 bridgehead atoms. The molecular weight excluding hydrogens is 346 g/mol. The largest absolute Gasteiger partial charge is 0.493 e. The van der Waals surface area contributed by atoms with Crippen molar-refractivity contribution in [1.82, 2.24) is 16.2 Å². The molecule has 9 heteroatoms. The molecule has 25 heavy (non-hydrogen) atoms. The molecule has 1 aromatic carbocycles. The number of carbonyl (C=O) groups excluding carboxylic acids is 2. The fourth-order valence-corrected chi connectivity index (χ4v) is 1.91. The highest BCUT2D eigenvalue weighted by molar-refractivity contribution is 7.80. The molecule has 0 spiro atoms. The lowest BCUT2D eigenvalue weighted by molar-refractivity contribution is -0.116. The van der Waals surface area contributed by atoms with Crippen molar-refractivity contribution in [2.75, 3.05) is 21.3 Å². The van der Waals surface area contributed by atoms with Crippen molar-refractivity contribution < 1.29 is 23.8 Å². The summed E-state index contributed by atoms with van der Waals surface area (Å²) in [5, 5.41) is 2.39. The van der Waals surface area contributed by atoms with E-state index in [0.717, 1.165) is 0 Å². The van der Waals surface area contributed by atoms with E-state index in [-0.39, 0.29) is 16.6 Å². The number of allylic oxidation sites excluding steroid dienone is 1. The highest BCUT2D eigenvalue weighted by atomic mass is 32.1. The van der Waals surface area contributed by atoms with Gasteiger partial charge in [-0.15, -0.1) is 0 Å². The minimum absolute atomic E-state index is 0.0352. The van der Waals surface area contributed by atoms with Gasteiger partial charge < -0.3 is 14.2 Å². The van der Waals surface area contributed by atoms with Gasteiger partial charge in [0.25, 0.3) is 11.8 Å². The molecule has 3 N–H and O–H groups in total. The van der Waals surface area contributed by atoms with Crippen molar-refractivity contribution in [2.45, 2.75) is 13.8 Å².